The van der Waals surface area contributed by atoms with E-state index in [4.69, 9.17) is 18.9 Å². The Balaban J connectivity index is 1.62. The van der Waals surface area contributed by atoms with Crippen molar-refractivity contribution in [3.63, 3.8) is 0 Å². The normalized spacial score (nSPS) is 33.8. The van der Waals surface area contributed by atoms with Gasteiger partial charge in [0, 0.05) is 19.4 Å². The minimum Gasteiger partial charge on any atom is -0.443 e. The third-order valence-electron chi connectivity index (χ3n) is 7.95. The Morgan fingerprint density at radius 1 is 1.31 bits per heavy atom. The lowest BCUT2D eigenvalue weighted by atomic mass is 9.68. The molecule has 0 aromatic carbocycles. The monoisotopic (exact) mass is 507 g/mol. The topological polar surface area (TPSA) is 87.9 Å². The summed E-state index contributed by atoms with van der Waals surface area (Å²) < 4.78 is 24.3. The number of ether oxygens (including phenoxy) is 4. The molecular formula is C28H49N3O5. The summed E-state index contributed by atoms with van der Waals surface area (Å²) in [6, 6.07) is -0.229. The highest BCUT2D eigenvalue weighted by Crippen LogP contribution is 2.59. The molecule has 2 saturated heterocycles. The van der Waals surface area contributed by atoms with Crippen LogP contribution in [0.2, 0.25) is 0 Å². The molecule has 3 aliphatic rings. The molecule has 0 aromatic rings. The molecule has 2 N–H and O–H groups in total. The second-order valence-electron chi connectivity index (χ2n) is 11.8. The van der Waals surface area contributed by atoms with Gasteiger partial charge in [0.25, 0.3) is 0 Å². The molecule has 0 bridgehead atoms. The number of nitrogens with zero attached hydrogens (tertiary/aromatic N) is 1. The molecule has 3 rings (SSSR count). The quantitative estimate of drug-likeness (QED) is 0.222. The van der Waals surface area contributed by atoms with Gasteiger partial charge in [-0.3, -0.25) is 0 Å². The van der Waals surface area contributed by atoms with E-state index in [0.717, 1.165) is 38.0 Å². The van der Waals surface area contributed by atoms with E-state index in [1.165, 1.54) is 5.57 Å². The predicted molar refractivity (Wildman–Crippen MR) is 142 cm³/mol. The molecule has 1 unspecified atom stereocenters. The number of rotatable bonds is 13. The van der Waals surface area contributed by atoms with Gasteiger partial charge in [-0.05, 0) is 73.0 Å². The van der Waals surface area contributed by atoms with Crippen LogP contribution >= 0.6 is 0 Å². The maximum absolute atomic E-state index is 13.1. The lowest BCUT2D eigenvalue weighted by molar-refractivity contribution is -0.118. The smallest absolute Gasteiger partial charge is 0.408 e. The number of carbonyl (C=O) groups is 1. The van der Waals surface area contributed by atoms with Crippen molar-refractivity contribution < 1.29 is 23.7 Å². The van der Waals surface area contributed by atoms with Crippen molar-refractivity contribution >= 4 is 6.09 Å². The van der Waals surface area contributed by atoms with Gasteiger partial charge in [-0.2, -0.15) is 0 Å². The van der Waals surface area contributed by atoms with Gasteiger partial charge in [-0.15, -0.1) is 0 Å². The van der Waals surface area contributed by atoms with Crippen LogP contribution < -0.4 is 10.6 Å². The Hall–Kier alpha value is -1.61. The first-order valence-corrected chi connectivity index (χ1v) is 13.5. The molecule has 0 aromatic heterocycles. The fraction of sp³-hybridized carbons (Fsp3) is 0.821. The highest BCUT2D eigenvalue weighted by atomic mass is 16.6. The molecule has 8 heteroatoms. The number of allylic oxidation sites excluding steroid dienone is 1. The summed E-state index contributed by atoms with van der Waals surface area (Å²) in [6.07, 6.45) is 4.64. The zero-order valence-corrected chi connectivity index (χ0v) is 23.7. The number of nitrogens with one attached hydrogen (secondary N) is 2. The van der Waals surface area contributed by atoms with Gasteiger partial charge in [-0.1, -0.05) is 32.1 Å². The molecular weight excluding hydrogens is 458 g/mol. The van der Waals surface area contributed by atoms with Crippen LogP contribution in [0.15, 0.2) is 23.9 Å². The molecule has 8 nitrogen and oxygen atoms in total. The van der Waals surface area contributed by atoms with Gasteiger partial charge in [0.1, 0.15) is 23.4 Å². The first-order valence-electron chi connectivity index (χ1n) is 13.5. The van der Waals surface area contributed by atoms with Gasteiger partial charge in [0.2, 0.25) is 0 Å². The van der Waals surface area contributed by atoms with Crippen molar-refractivity contribution in [2.45, 2.75) is 95.9 Å². The van der Waals surface area contributed by atoms with Crippen LogP contribution in [-0.4, -0.2) is 87.5 Å². The summed E-state index contributed by atoms with van der Waals surface area (Å²) in [6.45, 7) is 17.2. The Bertz CT molecular complexity index is 805. The molecule has 3 fully saturated rings. The van der Waals surface area contributed by atoms with E-state index in [0.29, 0.717) is 13.0 Å². The fourth-order valence-electron chi connectivity index (χ4n) is 5.78. The van der Waals surface area contributed by atoms with E-state index < -0.39 is 6.09 Å². The number of alkyl carbamates (subject to hydrolysis) is 1. The summed E-state index contributed by atoms with van der Waals surface area (Å²) in [5, 5.41) is 6.42. The molecule has 1 spiro atoms. The van der Waals surface area contributed by atoms with E-state index in [-0.39, 0.29) is 47.4 Å². The molecule has 206 valence electrons. The Labute approximate surface area is 218 Å². The third-order valence-corrected chi connectivity index (χ3v) is 7.95. The SMILES string of the molecule is C=C(NCCCN(C)C)[C@H](NC(=O)O[C@@H]1CC[C@]2(CO2)C([C@@]2(C)O[C@@H]2CC=C(C)C)[C@@H]1OC)C(C)C. The van der Waals surface area contributed by atoms with Gasteiger partial charge in [-0.25, -0.2) is 4.79 Å². The Morgan fingerprint density at radius 3 is 2.56 bits per heavy atom. The van der Waals surface area contributed by atoms with Crippen molar-refractivity contribution in [3.05, 3.63) is 23.9 Å². The average molecular weight is 508 g/mol. The molecule has 1 aliphatic carbocycles. The summed E-state index contributed by atoms with van der Waals surface area (Å²) in [5.74, 6) is 0.174. The molecule has 2 aliphatic heterocycles. The van der Waals surface area contributed by atoms with Crippen LogP contribution in [0.25, 0.3) is 0 Å². The molecule has 0 radical (unpaired) electrons. The molecule has 7 atom stereocenters. The second-order valence-corrected chi connectivity index (χ2v) is 11.8. The first-order chi connectivity index (χ1) is 16.9. The zero-order valence-electron chi connectivity index (χ0n) is 23.7. The highest BCUT2D eigenvalue weighted by Gasteiger charge is 2.72. The highest BCUT2D eigenvalue weighted by molar-refractivity contribution is 5.68. The minimum atomic E-state index is -0.439. The lowest BCUT2D eigenvalue weighted by Gasteiger charge is -2.42. The first kappa shape index (κ1) is 29.0. The van der Waals surface area contributed by atoms with Crippen molar-refractivity contribution in [2.24, 2.45) is 11.8 Å². The number of hydrogen-bond acceptors (Lipinski definition) is 7. The van der Waals surface area contributed by atoms with E-state index in [2.05, 4.69) is 76.9 Å². The van der Waals surface area contributed by atoms with Gasteiger partial charge >= 0.3 is 6.09 Å². The molecule has 2 heterocycles. The van der Waals surface area contributed by atoms with Crippen LogP contribution in [-0.2, 0) is 18.9 Å². The number of hydrogen-bond donors (Lipinski definition) is 2. The van der Waals surface area contributed by atoms with Gasteiger partial charge in [0.05, 0.1) is 24.7 Å². The number of epoxide rings is 2. The number of carbonyl (C=O) groups excluding carboxylic acids is 1. The van der Waals surface area contributed by atoms with Crippen LogP contribution in [0.3, 0.4) is 0 Å². The predicted octanol–water partition coefficient (Wildman–Crippen LogP) is 3.87. The van der Waals surface area contributed by atoms with Crippen LogP contribution in [0.1, 0.15) is 60.3 Å². The van der Waals surface area contributed by atoms with Gasteiger partial charge < -0.3 is 34.5 Å². The van der Waals surface area contributed by atoms with Crippen LogP contribution in [0.5, 0.6) is 0 Å². The molecule has 1 amide bonds. The van der Waals surface area contributed by atoms with Crippen LogP contribution in [0, 0.1) is 11.8 Å². The minimum absolute atomic E-state index is 0.00587. The van der Waals surface area contributed by atoms with E-state index in [9.17, 15) is 4.79 Å². The van der Waals surface area contributed by atoms with E-state index in [1.807, 2.05) is 0 Å². The van der Waals surface area contributed by atoms with Crippen LogP contribution in [0.4, 0.5) is 4.79 Å². The fourth-order valence-corrected chi connectivity index (χ4v) is 5.78. The van der Waals surface area contributed by atoms with E-state index >= 15 is 0 Å². The van der Waals surface area contributed by atoms with Crippen molar-refractivity contribution in [2.75, 3.05) is 40.9 Å². The summed E-state index contributed by atoms with van der Waals surface area (Å²) in [4.78, 5) is 15.2. The van der Waals surface area contributed by atoms with Crippen molar-refractivity contribution in [1.29, 1.82) is 0 Å². The zero-order chi connectivity index (χ0) is 26.7. The number of amides is 1. The largest absolute Gasteiger partial charge is 0.443 e. The summed E-state index contributed by atoms with van der Waals surface area (Å²) in [7, 11) is 5.81. The Morgan fingerprint density at radius 2 is 2.00 bits per heavy atom. The Kier molecular flexibility index (Phi) is 9.52. The second kappa shape index (κ2) is 11.8. The maximum Gasteiger partial charge on any atom is 0.408 e. The average Bonchev–Trinajstić information content (AvgIpc) is 3.71. The standard InChI is InChI=1S/C28H49N3O5/c1-18(2)11-12-22-27(6,36-22)25-24(33-9)21(13-14-28(25)17-34-28)35-26(32)30-23(19(3)4)20(5)29-15-10-16-31(7)8/h11,19,21-25,29H,5,10,12-17H2,1-4,6-9H3,(H,30,32)/t21-,22-,23-,24-,25?,27+,28+/m1/s1. The van der Waals surface area contributed by atoms with Crippen molar-refractivity contribution in [1.82, 2.24) is 15.5 Å². The third kappa shape index (κ3) is 6.82. The lowest BCUT2D eigenvalue weighted by Crippen LogP contribution is -2.56. The maximum atomic E-state index is 13.1. The van der Waals surface area contributed by atoms with Gasteiger partial charge in [0.15, 0.2) is 0 Å². The summed E-state index contributed by atoms with van der Waals surface area (Å²) in [5.41, 5.74) is 1.49. The molecule has 36 heavy (non-hydrogen) atoms. The van der Waals surface area contributed by atoms with Crippen molar-refractivity contribution in [3.8, 4) is 0 Å². The summed E-state index contributed by atoms with van der Waals surface area (Å²) >= 11 is 0. The number of methoxy groups -OCH3 is 1. The molecule has 1 saturated carbocycles. The van der Waals surface area contributed by atoms with E-state index in [1.54, 1.807) is 7.11 Å².